The molecule has 2 aliphatic rings. The number of alkyl halides is 1. The average molecular weight is 1250 g/mol. The minimum atomic E-state index is -1.95. The van der Waals surface area contributed by atoms with Gasteiger partial charge in [0.2, 0.25) is 17.7 Å². The maximum Gasteiger partial charge on any atom is 0.335 e. The number of carbonyl (C=O) groups excluding carboxylic acids is 6. The maximum atomic E-state index is 12.7. The van der Waals surface area contributed by atoms with Crippen LogP contribution in [0.5, 0.6) is 0 Å². The van der Waals surface area contributed by atoms with E-state index in [1.54, 1.807) is 22.6 Å². The number of ether oxygens (including phenoxy) is 8. The topological polar surface area (TPSA) is 488 Å². The van der Waals surface area contributed by atoms with Gasteiger partial charge in [0.1, 0.15) is 48.8 Å². The second-order valence-electron chi connectivity index (χ2n) is 18.0. The number of nitrogens with zero attached hydrogens (tertiary/aromatic N) is 1. The summed E-state index contributed by atoms with van der Waals surface area (Å²) in [5.74, 6) is -3.93. The molecule has 2 aliphatic heterocycles. The highest BCUT2D eigenvalue weighted by molar-refractivity contribution is 14.1. The summed E-state index contributed by atoms with van der Waals surface area (Å²) in [6, 6.07) is 0. The molecule has 5 amide bonds. The van der Waals surface area contributed by atoms with Gasteiger partial charge in [-0.25, -0.2) is 4.79 Å². The average Bonchev–Trinajstić information content (AvgIpc) is 3.74. The van der Waals surface area contributed by atoms with Gasteiger partial charge in [-0.1, -0.05) is 22.6 Å². The molecule has 2 heterocycles. The van der Waals surface area contributed by atoms with Crippen LogP contribution in [-0.4, -0.2) is 303 Å². The molecule has 0 aromatic carbocycles. The third-order valence-corrected chi connectivity index (χ3v) is 12.7. The third-order valence-electron chi connectivity index (χ3n) is 11.6. The number of hydrogen-bond acceptors (Lipinski definition) is 28. The van der Waals surface area contributed by atoms with Crippen LogP contribution in [0, 0.1) is 5.41 Å². The van der Waals surface area contributed by atoms with Crippen molar-refractivity contribution < 1.29 is 138 Å². The van der Waals surface area contributed by atoms with Crippen LogP contribution in [0.2, 0.25) is 0 Å². The van der Waals surface area contributed by atoms with Crippen LogP contribution in [0.25, 0.3) is 0 Å². The fourth-order valence-corrected chi connectivity index (χ4v) is 7.40. The SMILES string of the molecule is O=C(CCOCC(COCCC(=O)NCCO[C@H]1OC(CO)[C@@H](O)[C@H](O)C1O)(COCCC(=O)NCCO[C@@H](O)[C@H](O)C(O)[C@H](O)CCO)COCCC(=O)ON1C(=O)CCC1=O)NCCOCC(O)[C@@H](O)[C@H](O)C(I)CO. The van der Waals surface area contributed by atoms with Crippen LogP contribution in [0.1, 0.15) is 44.9 Å². The summed E-state index contributed by atoms with van der Waals surface area (Å²) in [6.45, 7) is -5.04. The first kappa shape index (κ1) is 71.0. The van der Waals surface area contributed by atoms with Gasteiger partial charge in [0.25, 0.3) is 11.8 Å². The molecule has 78 heavy (non-hydrogen) atoms. The van der Waals surface area contributed by atoms with E-state index in [0.29, 0.717) is 5.06 Å². The van der Waals surface area contributed by atoms with E-state index in [4.69, 9.17) is 47.8 Å². The van der Waals surface area contributed by atoms with E-state index >= 15 is 0 Å². The monoisotopic (exact) mass is 1250 g/mol. The smallest absolute Gasteiger partial charge is 0.335 e. The van der Waals surface area contributed by atoms with Crippen LogP contribution >= 0.6 is 22.6 Å². The molecule has 0 radical (unpaired) electrons. The standard InChI is InChI=1S/C45H79IN4O28/c46-26(19-52)36(62)38(64)28(55)21-70-16-8-47-30(56)4-12-71-22-45(25-74-15-7-35(61)78-50-33(59)1-2-34(50)60,23-72-13-5-31(57)48-9-17-75-43(69)41(67)37(63)27(54)3-11-51)24-73-14-6-32(58)49-10-18-76-44-42(68)40(66)39(65)29(20-53)77-44/h26-29,36-44,51-55,62-69H,1-25H2,(H,47,56)(H,48,57)(H,49,58)/t26?,27-,28?,29?,36-,37?,38-,39-,40+,41-,42?,43-,44+,45?/m1/s1. The molecular formula is C45H79IN4O28. The van der Waals surface area contributed by atoms with Gasteiger partial charge in [0.15, 0.2) is 12.6 Å². The summed E-state index contributed by atoms with van der Waals surface area (Å²) in [7, 11) is 0. The predicted molar refractivity (Wildman–Crippen MR) is 266 cm³/mol. The molecule has 0 saturated carbocycles. The number of aliphatic hydroxyl groups is 13. The molecule has 2 saturated heterocycles. The molecule has 33 heteroatoms. The Balaban J connectivity index is 2.07. The first-order valence-electron chi connectivity index (χ1n) is 25.0. The summed E-state index contributed by atoms with van der Waals surface area (Å²) in [5, 5.41) is 136. The lowest BCUT2D eigenvalue weighted by Crippen LogP contribution is -2.59. The number of imide groups is 1. The van der Waals surface area contributed by atoms with Gasteiger partial charge in [-0.05, 0) is 6.42 Å². The third kappa shape index (κ3) is 26.7. The number of aliphatic hydroxyl groups excluding tert-OH is 13. The summed E-state index contributed by atoms with van der Waals surface area (Å²) in [5.41, 5.74) is -1.31. The quantitative estimate of drug-likeness (QED) is 0.00886. The van der Waals surface area contributed by atoms with Gasteiger partial charge in [0, 0.05) is 58.3 Å². The number of nitrogens with one attached hydrogen (secondary N) is 3. The Morgan fingerprint density at radius 1 is 0.615 bits per heavy atom. The number of hydroxylamine groups is 2. The fraction of sp³-hybridized carbons (Fsp3) is 0.867. The lowest BCUT2D eigenvalue weighted by molar-refractivity contribution is -0.300. The summed E-state index contributed by atoms with van der Waals surface area (Å²) < 4.78 is 43.7. The Labute approximate surface area is 462 Å². The number of carbonyl (C=O) groups is 6. The Bertz CT molecular complexity index is 1730. The van der Waals surface area contributed by atoms with E-state index in [-0.39, 0.29) is 131 Å². The Morgan fingerprint density at radius 2 is 1.10 bits per heavy atom. The van der Waals surface area contributed by atoms with Crippen molar-refractivity contribution in [2.45, 2.75) is 122 Å². The van der Waals surface area contributed by atoms with Gasteiger partial charge in [-0.3, -0.25) is 24.0 Å². The molecule has 6 unspecified atom stereocenters. The van der Waals surface area contributed by atoms with Crippen LogP contribution < -0.4 is 16.0 Å². The summed E-state index contributed by atoms with van der Waals surface area (Å²) in [6.07, 6.45) is -21.0. The van der Waals surface area contributed by atoms with Crippen molar-refractivity contribution in [3.8, 4) is 0 Å². The van der Waals surface area contributed by atoms with Crippen molar-refractivity contribution in [2.24, 2.45) is 5.41 Å². The van der Waals surface area contributed by atoms with E-state index < -0.39 is 151 Å². The number of halogens is 1. The molecular weight excluding hydrogens is 1170 g/mol. The van der Waals surface area contributed by atoms with Crippen LogP contribution in [0.15, 0.2) is 0 Å². The molecule has 2 rings (SSSR count). The molecule has 0 aromatic heterocycles. The first-order valence-corrected chi connectivity index (χ1v) is 26.3. The van der Waals surface area contributed by atoms with E-state index in [1.807, 2.05) is 0 Å². The van der Waals surface area contributed by atoms with Crippen molar-refractivity contribution in [2.75, 3.05) is 119 Å². The van der Waals surface area contributed by atoms with Gasteiger partial charge in [-0.2, -0.15) is 0 Å². The molecule has 0 spiro atoms. The van der Waals surface area contributed by atoms with Crippen molar-refractivity contribution in [3.05, 3.63) is 0 Å². The largest absolute Gasteiger partial charge is 0.396 e. The van der Waals surface area contributed by atoms with Crippen molar-refractivity contribution in [1.82, 2.24) is 21.0 Å². The Hall–Kier alpha value is -3.09. The second-order valence-corrected chi connectivity index (χ2v) is 19.6. The lowest BCUT2D eigenvalue weighted by atomic mass is 9.92. The van der Waals surface area contributed by atoms with E-state index in [1.165, 1.54) is 0 Å². The van der Waals surface area contributed by atoms with Gasteiger partial charge >= 0.3 is 5.97 Å². The maximum absolute atomic E-state index is 12.7. The van der Waals surface area contributed by atoms with Crippen molar-refractivity contribution >= 4 is 58.1 Å². The molecule has 32 nitrogen and oxygen atoms in total. The van der Waals surface area contributed by atoms with Gasteiger partial charge in [0.05, 0.1) is 120 Å². The summed E-state index contributed by atoms with van der Waals surface area (Å²) in [4.78, 5) is 79.4. The summed E-state index contributed by atoms with van der Waals surface area (Å²) >= 11 is 1.71. The number of hydrogen-bond donors (Lipinski definition) is 16. The minimum Gasteiger partial charge on any atom is -0.396 e. The molecule has 0 aliphatic carbocycles. The first-order chi connectivity index (χ1) is 37.1. The zero-order valence-corrected chi connectivity index (χ0v) is 45.1. The van der Waals surface area contributed by atoms with Gasteiger partial charge < -0.3 is 125 Å². The number of amides is 5. The lowest BCUT2D eigenvalue weighted by Gasteiger charge is -2.39. The van der Waals surface area contributed by atoms with Crippen molar-refractivity contribution in [1.29, 1.82) is 0 Å². The Kier molecular flexibility index (Phi) is 35.8. The molecule has 16 N–H and O–H groups in total. The molecule has 14 atom stereocenters. The van der Waals surface area contributed by atoms with E-state index in [0.717, 1.165) is 0 Å². The van der Waals surface area contributed by atoms with Crippen LogP contribution in [0.3, 0.4) is 0 Å². The van der Waals surface area contributed by atoms with Crippen LogP contribution in [0.4, 0.5) is 0 Å². The zero-order valence-electron chi connectivity index (χ0n) is 42.9. The number of rotatable bonds is 44. The highest BCUT2D eigenvalue weighted by Gasteiger charge is 2.44. The van der Waals surface area contributed by atoms with Crippen LogP contribution in [-0.2, 0) is 71.5 Å². The molecule has 0 aromatic rings. The normalized spacial score (nSPS) is 22.6. The highest BCUT2D eigenvalue weighted by atomic mass is 127. The predicted octanol–water partition coefficient (Wildman–Crippen LogP) is -8.93. The zero-order chi connectivity index (χ0) is 58.2. The van der Waals surface area contributed by atoms with E-state index in [9.17, 15) is 90.0 Å². The fourth-order valence-electron chi connectivity index (χ4n) is 6.98. The molecule has 454 valence electrons. The minimum absolute atomic E-state index is 0.0243. The van der Waals surface area contributed by atoms with Crippen molar-refractivity contribution in [3.63, 3.8) is 0 Å². The van der Waals surface area contributed by atoms with Gasteiger partial charge in [-0.15, -0.1) is 5.06 Å². The second kappa shape index (κ2) is 39.4. The van der Waals surface area contributed by atoms with E-state index in [2.05, 4.69) is 16.0 Å². The Morgan fingerprint density at radius 3 is 1.60 bits per heavy atom. The molecule has 2 fully saturated rings. The molecule has 0 bridgehead atoms. The highest BCUT2D eigenvalue weighted by Crippen LogP contribution is 2.24.